The van der Waals surface area contributed by atoms with E-state index in [1.54, 1.807) is 18.4 Å². The van der Waals surface area contributed by atoms with Crippen LogP contribution in [0.5, 0.6) is 5.75 Å². The number of hydrogen-bond acceptors (Lipinski definition) is 2. The van der Waals surface area contributed by atoms with E-state index in [0.29, 0.717) is 16.7 Å². The number of ether oxygens (including phenoxy) is 1. The Morgan fingerprint density at radius 3 is 2.58 bits per heavy atom. The van der Waals surface area contributed by atoms with Crippen LogP contribution in [0, 0.1) is 0 Å². The fraction of sp³-hybridized carbons (Fsp3) is 0.0667. The Labute approximate surface area is 120 Å². The zero-order chi connectivity index (χ0) is 13.2. The van der Waals surface area contributed by atoms with Crippen LogP contribution in [0.3, 0.4) is 0 Å². The van der Waals surface area contributed by atoms with Crippen molar-refractivity contribution in [2.75, 3.05) is 0 Å². The summed E-state index contributed by atoms with van der Waals surface area (Å²) >= 11 is 12.0. The second kappa shape index (κ2) is 5.16. The fourth-order valence-corrected chi connectivity index (χ4v) is 2.32. The van der Waals surface area contributed by atoms with Gasteiger partial charge in [0, 0.05) is 16.0 Å². The average Bonchev–Trinajstić information content (AvgIpc) is 2.83. The standard InChI is InChI=1S/C15H10Cl2O2/c16-11-4-6-12(7-5-11)18-8-10-9-19-14-3-1-2-13(17)15(10)14/h1-7,9H,8H2. The Balaban J connectivity index is 1.84. The van der Waals surface area contributed by atoms with Gasteiger partial charge in [-0.25, -0.2) is 0 Å². The molecular formula is C15H10Cl2O2. The lowest BCUT2D eigenvalue weighted by Crippen LogP contribution is -1.94. The van der Waals surface area contributed by atoms with Crippen LogP contribution in [0.1, 0.15) is 5.56 Å². The normalized spacial score (nSPS) is 10.8. The first-order chi connectivity index (χ1) is 9.24. The third-order valence-electron chi connectivity index (χ3n) is 2.83. The molecule has 3 rings (SSSR count). The van der Waals surface area contributed by atoms with Gasteiger partial charge in [-0.3, -0.25) is 0 Å². The summed E-state index contributed by atoms with van der Waals surface area (Å²) in [4.78, 5) is 0. The van der Waals surface area contributed by atoms with Gasteiger partial charge in [0.05, 0.1) is 11.3 Å². The molecule has 0 radical (unpaired) electrons. The summed E-state index contributed by atoms with van der Waals surface area (Å²) in [7, 11) is 0. The van der Waals surface area contributed by atoms with E-state index in [0.717, 1.165) is 22.3 Å². The van der Waals surface area contributed by atoms with Crippen LogP contribution in [0.15, 0.2) is 53.1 Å². The second-order valence-corrected chi connectivity index (χ2v) is 4.96. The van der Waals surface area contributed by atoms with Crippen LogP contribution in [0.2, 0.25) is 10.0 Å². The van der Waals surface area contributed by atoms with E-state index in [4.69, 9.17) is 32.4 Å². The van der Waals surface area contributed by atoms with Gasteiger partial charge in [0.15, 0.2) is 0 Å². The van der Waals surface area contributed by atoms with Crippen molar-refractivity contribution >= 4 is 34.2 Å². The van der Waals surface area contributed by atoms with Crippen molar-refractivity contribution in [3.63, 3.8) is 0 Å². The highest BCUT2D eigenvalue weighted by atomic mass is 35.5. The molecule has 96 valence electrons. The van der Waals surface area contributed by atoms with E-state index in [1.807, 2.05) is 30.3 Å². The van der Waals surface area contributed by atoms with E-state index in [-0.39, 0.29) is 0 Å². The molecule has 19 heavy (non-hydrogen) atoms. The lowest BCUT2D eigenvalue weighted by Gasteiger charge is -2.05. The van der Waals surface area contributed by atoms with Crippen LogP contribution in [0.4, 0.5) is 0 Å². The SMILES string of the molecule is Clc1ccc(OCc2coc3cccc(Cl)c23)cc1. The lowest BCUT2D eigenvalue weighted by molar-refractivity contribution is 0.306. The minimum atomic E-state index is 0.401. The predicted molar refractivity (Wildman–Crippen MR) is 77.0 cm³/mol. The van der Waals surface area contributed by atoms with Crippen LogP contribution in [0.25, 0.3) is 11.0 Å². The number of fused-ring (bicyclic) bond motifs is 1. The van der Waals surface area contributed by atoms with E-state index in [9.17, 15) is 0 Å². The molecule has 0 aliphatic rings. The van der Waals surface area contributed by atoms with Crippen molar-refractivity contribution in [3.8, 4) is 5.75 Å². The van der Waals surface area contributed by atoms with Crippen LogP contribution < -0.4 is 4.74 Å². The highest BCUT2D eigenvalue weighted by molar-refractivity contribution is 6.35. The van der Waals surface area contributed by atoms with Crippen molar-refractivity contribution in [1.82, 2.24) is 0 Å². The summed E-state index contributed by atoms with van der Waals surface area (Å²) in [6.07, 6.45) is 1.67. The molecule has 0 saturated carbocycles. The maximum Gasteiger partial charge on any atom is 0.135 e. The molecule has 3 aromatic rings. The Morgan fingerprint density at radius 1 is 1.00 bits per heavy atom. The monoisotopic (exact) mass is 292 g/mol. The van der Waals surface area contributed by atoms with Gasteiger partial charge >= 0.3 is 0 Å². The summed E-state index contributed by atoms with van der Waals surface area (Å²) in [5.41, 5.74) is 1.69. The lowest BCUT2D eigenvalue weighted by atomic mass is 10.2. The van der Waals surface area contributed by atoms with Gasteiger partial charge in [-0.05, 0) is 36.4 Å². The van der Waals surface area contributed by atoms with Crippen LogP contribution in [-0.4, -0.2) is 0 Å². The van der Waals surface area contributed by atoms with E-state index in [1.165, 1.54) is 0 Å². The Morgan fingerprint density at radius 2 is 1.79 bits per heavy atom. The van der Waals surface area contributed by atoms with Gasteiger partial charge in [-0.15, -0.1) is 0 Å². The Bertz CT molecular complexity index is 702. The number of rotatable bonds is 3. The third-order valence-corrected chi connectivity index (χ3v) is 3.40. The molecule has 0 bridgehead atoms. The summed E-state index contributed by atoms with van der Waals surface area (Å²) in [5, 5.41) is 2.25. The summed E-state index contributed by atoms with van der Waals surface area (Å²) in [5.74, 6) is 0.755. The van der Waals surface area contributed by atoms with Crippen molar-refractivity contribution in [2.45, 2.75) is 6.61 Å². The van der Waals surface area contributed by atoms with Gasteiger partial charge in [-0.1, -0.05) is 29.3 Å². The summed E-state index contributed by atoms with van der Waals surface area (Å²) in [6, 6.07) is 12.8. The van der Waals surface area contributed by atoms with Crippen molar-refractivity contribution in [2.24, 2.45) is 0 Å². The minimum Gasteiger partial charge on any atom is -0.489 e. The van der Waals surface area contributed by atoms with E-state index in [2.05, 4.69) is 0 Å². The number of halogens is 2. The van der Waals surface area contributed by atoms with Gasteiger partial charge in [0.25, 0.3) is 0 Å². The summed E-state index contributed by atoms with van der Waals surface area (Å²) in [6.45, 7) is 0.401. The molecule has 0 N–H and O–H groups in total. The molecule has 1 heterocycles. The molecular weight excluding hydrogens is 283 g/mol. The number of benzene rings is 2. The Kier molecular flexibility index (Phi) is 3.36. The van der Waals surface area contributed by atoms with Crippen LogP contribution in [-0.2, 0) is 6.61 Å². The van der Waals surface area contributed by atoms with Gasteiger partial charge in [0.1, 0.15) is 17.9 Å². The Hall–Kier alpha value is -1.64. The highest BCUT2D eigenvalue weighted by Gasteiger charge is 2.09. The molecule has 0 spiro atoms. The highest BCUT2D eigenvalue weighted by Crippen LogP contribution is 2.29. The zero-order valence-electron chi connectivity index (χ0n) is 9.90. The molecule has 2 nitrogen and oxygen atoms in total. The smallest absolute Gasteiger partial charge is 0.135 e. The average molecular weight is 293 g/mol. The largest absolute Gasteiger partial charge is 0.489 e. The second-order valence-electron chi connectivity index (χ2n) is 4.12. The van der Waals surface area contributed by atoms with Crippen LogP contribution >= 0.6 is 23.2 Å². The molecule has 0 saturated heterocycles. The van der Waals surface area contributed by atoms with Gasteiger partial charge in [-0.2, -0.15) is 0 Å². The van der Waals surface area contributed by atoms with Gasteiger partial charge < -0.3 is 9.15 Å². The molecule has 4 heteroatoms. The fourth-order valence-electron chi connectivity index (χ4n) is 1.91. The molecule has 2 aromatic carbocycles. The molecule has 1 aromatic heterocycles. The van der Waals surface area contributed by atoms with Crippen molar-refractivity contribution in [1.29, 1.82) is 0 Å². The molecule has 0 unspecified atom stereocenters. The van der Waals surface area contributed by atoms with E-state index >= 15 is 0 Å². The first kappa shape index (κ1) is 12.4. The third kappa shape index (κ3) is 2.55. The van der Waals surface area contributed by atoms with E-state index < -0.39 is 0 Å². The topological polar surface area (TPSA) is 22.4 Å². The number of furan rings is 1. The molecule has 0 atom stereocenters. The first-order valence-corrected chi connectivity index (χ1v) is 6.52. The predicted octanol–water partition coefficient (Wildman–Crippen LogP) is 5.32. The molecule has 0 amide bonds. The van der Waals surface area contributed by atoms with Crippen molar-refractivity contribution in [3.05, 3.63) is 64.3 Å². The first-order valence-electron chi connectivity index (χ1n) is 5.77. The zero-order valence-corrected chi connectivity index (χ0v) is 11.4. The van der Waals surface area contributed by atoms with Crippen molar-refractivity contribution < 1.29 is 9.15 Å². The molecule has 0 aliphatic carbocycles. The van der Waals surface area contributed by atoms with Gasteiger partial charge in [0.2, 0.25) is 0 Å². The quantitative estimate of drug-likeness (QED) is 0.652. The molecule has 0 fully saturated rings. The molecule has 0 aliphatic heterocycles. The summed E-state index contributed by atoms with van der Waals surface area (Å²) < 4.78 is 11.1. The maximum absolute atomic E-state index is 6.17. The number of hydrogen-bond donors (Lipinski definition) is 0. The maximum atomic E-state index is 6.17. The minimum absolute atomic E-state index is 0.401.